The van der Waals surface area contributed by atoms with Crippen molar-refractivity contribution in [2.45, 2.75) is 13.0 Å². The lowest BCUT2D eigenvalue weighted by Crippen LogP contribution is -2.47. The molecule has 22 heavy (non-hydrogen) atoms. The van der Waals surface area contributed by atoms with E-state index >= 15 is 0 Å². The van der Waals surface area contributed by atoms with Crippen LogP contribution in [0.1, 0.15) is 17.4 Å². The standard InChI is InChI=1S/C14H13BrClN3O3/c1-8(22-11-4-2-10(16)3-5-11)13(20)18-19-14(21)12-6-9(15)7-17-12/h2-8,17H,1H3,(H,18,20)(H,19,21). The normalized spacial score (nSPS) is 11.6. The van der Waals surface area contributed by atoms with Crippen molar-refractivity contribution in [3.8, 4) is 5.75 Å². The predicted molar refractivity (Wildman–Crippen MR) is 85.6 cm³/mol. The number of aromatic nitrogens is 1. The summed E-state index contributed by atoms with van der Waals surface area (Å²) in [7, 11) is 0. The van der Waals surface area contributed by atoms with Crippen LogP contribution in [-0.4, -0.2) is 22.9 Å². The minimum atomic E-state index is -0.781. The Labute approximate surface area is 140 Å². The van der Waals surface area contributed by atoms with Crippen LogP contribution in [0.25, 0.3) is 0 Å². The lowest BCUT2D eigenvalue weighted by Gasteiger charge is -2.15. The third-order valence-electron chi connectivity index (χ3n) is 2.69. The van der Waals surface area contributed by atoms with Gasteiger partial charge in [-0.05, 0) is 53.2 Å². The van der Waals surface area contributed by atoms with E-state index in [4.69, 9.17) is 16.3 Å². The van der Waals surface area contributed by atoms with Gasteiger partial charge in [0.25, 0.3) is 11.8 Å². The highest BCUT2D eigenvalue weighted by Gasteiger charge is 2.16. The summed E-state index contributed by atoms with van der Waals surface area (Å²) < 4.78 is 6.18. The van der Waals surface area contributed by atoms with Gasteiger partial charge in [0.1, 0.15) is 11.4 Å². The molecule has 0 aliphatic carbocycles. The monoisotopic (exact) mass is 385 g/mol. The molecule has 0 bridgehead atoms. The minimum Gasteiger partial charge on any atom is -0.481 e. The first-order chi connectivity index (χ1) is 10.5. The summed E-state index contributed by atoms with van der Waals surface area (Å²) in [6, 6.07) is 8.22. The largest absolute Gasteiger partial charge is 0.481 e. The molecule has 2 amide bonds. The molecule has 0 spiro atoms. The van der Waals surface area contributed by atoms with E-state index in [0.717, 1.165) is 4.47 Å². The zero-order chi connectivity index (χ0) is 16.1. The van der Waals surface area contributed by atoms with Crippen LogP contribution in [0.4, 0.5) is 0 Å². The maximum atomic E-state index is 11.9. The Hall–Kier alpha value is -1.99. The molecule has 2 aromatic rings. The summed E-state index contributed by atoms with van der Waals surface area (Å²) in [5.41, 5.74) is 4.91. The Morgan fingerprint density at radius 1 is 1.27 bits per heavy atom. The van der Waals surface area contributed by atoms with Crippen molar-refractivity contribution in [3.05, 3.63) is 51.7 Å². The Morgan fingerprint density at radius 2 is 1.95 bits per heavy atom. The lowest BCUT2D eigenvalue weighted by atomic mass is 10.3. The van der Waals surface area contributed by atoms with Crippen LogP contribution in [0, 0.1) is 0 Å². The van der Waals surface area contributed by atoms with Gasteiger partial charge in [0.05, 0.1) is 0 Å². The summed E-state index contributed by atoms with van der Waals surface area (Å²) >= 11 is 8.98. The zero-order valence-corrected chi connectivity index (χ0v) is 13.9. The number of hydrazine groups is 1. The van der Waals surface area contributed by atoms with Crippen LogP contribution in [-0.2, 0) is 4.79 Å². The number of aromatic amines is 1. The van der Waals surface area contributed by atoms with E-state index in [0.29, 0.717) is 16.5 Å². The Kier molecular flexibility index (Phi) is 5.46. The van der Waals surface area contributed by atoms with Gasteiger partial charge in [-0.1, -0.05) is 11.6 Å². The molecule has 116 valence electrons. The molecule has 1 unspecified atom stereocenters. The van der Waals surface area contributed by atoms with Gasteiger partial charge in [-0.15, -0.1) is 0 Å². The van der Waals surface area contributed by atoms with E-state index < -0.39 is 17.9 Å². The molecular formula is C14H13BrClN3O3. The third kappa shape index (κ3) is 4.51. The molecule has 6 nitrogen and oxygen atoms in total. The van der Waals surface area contributed by atoms with E-state index in [9.17, 15) is 9.59 Å². The molecule has 0 fully saturated rings. The van der Waals surface area contributed by atoms with Crippen molar-refractivity contribution in [1.82, 2.24) is 15.8 Å². The number of H-pyrrole nitrogens is 1. The van der Waals surface area contributed by atoms with Crippen molar-refractivity contribution in [1.29, 1.82) is 0 Å². The molecule has 0 saturated carbocycles. The Morgan fingerprint density at radius 3 is 2.55 bits per heavy atom. The topological polar surface area (TPSA) is 83.2 Å². The average Bonchev–Trinajstić information content (AvgIpc) is 2.93. The van der Waals surface area contributed by atoms with Crippen molar-refractivity contribution < 1.29 is 14.3 Å². The summed E-state index contributed by atoms with van der Waals surface area (Å²) in [6.45, 7) is 1.57. The van der Waals surface area contributed by atoms with Gasteiger partial charge in [0.15, 0.2) is 6.10 Å². The van der Waals surface area contributed by atoms with Crippen molar-refractivity contribution in [3.63, 3.8) is 0 Å². The number of nitrogens with one attached hydrogen (secondary N) is 3. The second kappa shape index (κ2) is 7.33. The smallest absolute Gasteiger partial charge is 0.286 e. The molecule has 0 radical (unpaired) electrons. The number of halogens is 2. The maximum absolute atomic E-state index is 11.9. The molecule has 0 aliphatic rings. The van der Waals surface area contributed by atoms with Gasteiger partial charge in [0, 0.05) is 15.7 Å². The SMILES string of the molecule is CC(Oc1ccc(Cl)cc1)C(=O)NNC(=O)c1cc(Br)c[nH]1. The molecule has 1 atom stereocenters. The van der Waals surface area contributed by atoms with Gasteiger partial charge < -0.3 is 9.72 Å². The van der Waals surface area contributed by atoms with E-state index in [-0.39, 0.29) is 0 Å². The highest BCUT2D eigenvalue weighted by molar-refractivity contribution is 9.10. The summed E-state index contributed by atoms with van der Waals surface area (Å²) in [5, 5.41) is 0.578. The number of amides is 2. The number of hydrogen-bond acceptors (Lipinski definition) is 3. The van der Waals surface area contributed by atoms with Gasteiger partial charge in [-0.3, -0.25) is 20.4 Å². The molecule has 8 heteroatoms. The first kappa shape index (κ1) is 16.4. The van der Waals surface area contributed by atoms with Crippen LogP contribution in [0.3, 0.4) is 0 Å². The third-order valence-corrected chi connectivity index (χ3v) is 3.40. The fourth-order valence-electron chi connectivity index (χ4n) is 1.56. The van der Waals surface area contributed by atoms with Crippen molar-refractivity contribution >= 4 is 39.3 Å². The maximum Gasteiger partial charge on any atom is 0.286 e. The molecule has 1 aromatic heterocycles. The number of carbonyl (C=O) groups excluding carboxylic acids is 2. The number of hydrogen-bond donors (Lipinski definition) is 3. The quantitative estimate of drug-likeness (QED) is 0.707. The van der Waals surface area contributed by atoms with Crippen LogP contribution >= 0.6 is 27.5 Å². The summed E-state index contributed by atoms with van der Waals surface area (Å²) in [5.74, 6) is -0.432. The predicted octanol–water partition coefficient (Wildman–Crippen LogP) is 2.66. The number of rotatable bonds is 4. The van der Waals surface area contributed by atoms with E-state index in [2.05, 4.69) is 31.8 Å². The highest BCUT2D eigenvalue weighted by atomic mass is 79.9. The van der Waals surface area contributed by atoms with Crippen LogP contribution in [0.2, 0.25) is 5.02 Å². The Balaban J connectivity index is 1.83. The molecular weight excluding hydrogens is 374 g/mol. The molecule has 0 aliphatic heterocycles. The number of carbonyl (C=O) groups is 2. The molecule has 2 rings (SSSR count). The van der Waals surface area contributed by atoms with E-state index in [1.165, 1.54) is 0 Å². The fourth-order valence-corrected chi connectivity index (χ4v) is 2.03. The molecule has 0 saturated heterocycles. The second-order valence-electron chi connectivity index (χ2n) is 4.39. The van der Waals surface area contributed by atoms with Crippen molar-refractivity contribution in [2.24, 2.45) is 0 Å². The number of benzene rings is 1. The zero-order valence-electron chi connectivity index (χ0n) is 11.5. The minimum absolute atomic E-state index is 0.318. The lowest BCUT2D eigenvalue weighted by molar-refractivity contribution is -0.128. The van der Waals surface area contributed by atoms with Gasteiger partial charge in [-0.25, -0.2) is 0 Å². The van der Waals surface area contributed by atoms with E-state index in [1.54, 1.807) is 43.5 Å². The average molecular weight is 387 g/mol. The molecule has 3 N–H and O–H groups in total. The second-order valence-corrected chi connectivity index (χ2v) is 5.74. The summed E-state index contributed by atoms with van der Waals surface area (Å²) in [6.07, 6.45) is 0.833. The van der Waals surface area contributed by atoms with Crippen LogP contribution in [0.5, 0.6) is 5.75 Å². The van der Waals surface area contributed by atoms with Crippen LogP contribution < -0.4 is 15.6 Å². The van der Waals surface area contributed by atoms with Crippen LogP contribution in [0.15, 0.2) is 41.0 Å². The number of ether oxygens (including phenoxy) is 1. The molecule has 1 aromatic carbocycles. The first-order valence-corrected chi connectivity index (χ1v) is 7.49. The highest BCUT2D eigenvalue weighted by Crippen LogP contribution is 2.16. The van der Waals surface area contributed by atoms with Gasteiger partial charge in [0.2, 0.25) is 0 Å². The first-order valence-electron chi connectivity index (χ1n) is 6.32. The van der Waals surface area contributed by atoms with E-state index in [1.807, 2.05) is 0 Å². The van der Waals surface area contributed by atoms with Gasteiger partial charge in [-0.2, -0.15) is 0 Å². The summed E-state index contributed by atoms with van der Waals surface area (Å²) in [4.78, 5) is 26.4. The fraction of sp³-hybridized carbons (Fsp3) is 0.143. The van der Waals surface area contributed by atoms with Crippen molar-refractivity contribution in [2.75, 3.05) is 0 Å². The Bertz CT molecular complexity index is 672. The van der Waals surface area contributed by atoms with Gasteiger partial charge >= 0.3 is 0 Å². The molecule has 1 heterocycles.